The molecule has 0 spiro atoms. The summed E-state index contributed by atoms with van der Waals surface area (Å²) in [6, 6.07) is 24.3. The van der Waals surface area contributed by atoms with Gasteiger partial charge in [0.05, 0.1) is 28.4 Å². The van der Waals surface area contributed by atoms with Crippen LogP contribution in [0.3, 0.4) is 0 Å². The fraction of sp³-hybridized carbons (Fsp3) is 0.250. The monoisotopic (exact) mass is 512 g/mol. The van der Waals surface area contributed by atoms with Crippen LogP contribution in [0.5, 0.6) is 46.0 Å². The number of methoxy groups -OCH3 is 4. The van der Waals surface area contributed by atoms with E-state index in [-0.39, 0.29) is 0 Å². The normalized spacial score (nSPS) is 12.7. The van der Waals surface area contributed by atoms with Crippen LogP contribution in [0.15, 0.2) is 72.8 Å². The Kier molecular flexibility index (Phi) is 7.59. The molecule has 0 aromatic heterocycles. The van der Waals surface area contributed by atoms with E-state index in [1.807, 2.05) is 48.5 Å². The van der Waals surface area contributed by atoms with Crippen molar-refractivity contribution in [2.75, 3.05) is 28.4 Å². The zero-order chi connectivity index (χ0) is 26.5. The van der Waals surface area contributed by atoms with Crippen molar-refractivity contribution in [3.63, 3.8) is 0 Å². The van der Waals surface area contributed by atoms with Gasteiger partial charge in [-0.2, -0.15) is 0 Å². The summed E-state index contributed by atoms with van der Waals surface area (Å²) in [5.41, 5.74) is 4.46. The predicted octanol–water partition coefficient (Wildman–Crippen LogP) is 7.19. The molecule has 38 heavy (non-hydrogen) atoms. The summed E-state index contributed by atoms with van der Waals surface area (Å²) >= 11 is 0. The third kappa shape index (κ3) is 5.35. The molecule has 2 aliphatic rings. The van der Waals surface area contributed by atoms with Gasteiger partial charge in [-0.25, -0.2) is 0 Å². The van der Waals surface area contributed by atoms with Crippen LogP contribution in [-0.4, -0.2) is 28.4 Å². The summed E-state index contributed by atoms with van der Waals surface area (Å²) < 4.78 is 35.3. The Morgan fingerprint density at radius 2 is 1.26 bits per heavy atom. The van der Waals surface area contributed by atoms with Crippen molar-refractivity contribution in [3.8, 4) is 46.0 Å². The molecule has 2 aliphatic heterocycles. The van der Waals surface area contributed by atoms with Gasteiger partial charge in [0.15, 0.2) is 23.0 Å². The van der Waals surface area contributed by atoms with Crippen LogP contribution in [0.25, 0.3) is 0 Å². The van der Waals surface area contributed by atoms with Gasteiger partial charge in [0.2, 0.25) is 11.5 Å². The smallest absolute Gasteiger partial charge is 0.204 e. The third-order valence-corrected chi connectivity index (χ3v) is 6.74. The molecule has 4 aromatic carbocycles. The maximum Gasteiger partial charge on any atom is 0.204 e. The SMILES string of the molecule is COc1cc2cc(c1OC)Oc1ccc(cc1)CCc1ccc(OC)c(OC)c1Oc1cccc(c1)CC2. The lowest BCUT2D eigenvalue weighted by atomic mass is 10.0. The quantitative estimate of drug-likeness (QED) is 0.288. The van der Waals surface area contributed by atoms with E-state index in [9.17, 15) is 0 Å². The molecule has 0 unspecified atom stereocenters. The standard InChI is InChI=1S/C32H32O6/c1-33-27-17-14-24-13-10-21-11-15-25(16-12-21)37-29-20-23(19-28(34-2)31(29)35-3)9-8-22-6-5-7-26(18-22)38-30(24)32(27)36-4/h5-7,11-12,14-20H,8-10,13H2,1-4H3. The molecule has 6 rings (SSSR count). The molecule has 0 radical (unpaired) electrons. The molecular formula is C32H32O6. The van der Waals surface area contributed by atoms with Crippen LogP contribution in [0.2, 0.25) is 0 Å². The molecular weight excluding hydrogens is 480 g/mol. The van der Waals surface area contributed by atoms with Crippen molar-refractivity contribution in [2.24, 2.45) is 0 Å². The highest BCUT2D eigenvalue weighted by Crippen LogP contribution is 2.44. The minimum atomic E-state index is 0.575. The van der Waals surface area contributed by atoms with E-state index >= 15 is 0 Å². The minimum Gasteiger partial charge on any atom is -0.493 e. The number of fused-ring (bicyclic) bond motifs is 4. The van der Waals surface area contributed by atoms with Gasteiger partial charge in [-0.3, -0.25) is 0 Å². The number of aryl methyl sites for hydroxylation is 4. The molecule has 6 bridgehead atoms. The third-order valence-electron chi connectivity index (χ3n) is 6.74. The van der Waals surface area contributed by atoms with Crippen LogP contribution < -0.4 is 28.4 Å². The zero-order valence-corrected chi connectivity index (χ0v) is 22.2. The summed E-state index contributed by atoms with van der Waals surface area (Å²) in [7, 11) is 6.54. The Morgan fingerprint density at radius 3 is 2.00 bits per heavy atom. The number of hydrogen-bond acceptors (Lipinski definition) is 6. The Balaban J connectivity index is 1.58. The average molecular weight is 513 g/mol. The molecule has 0 fully saturated rings. The number of hydrogen-bond donors (Lipinski definition) is 0. The molecule has 0 saturated heterocycles. The molecule has 6 nitrogen and oxygen atoms in total. The number of rotatable bonds is 4. The maximum atomic E-state index is 6.49. The first kappa shape index (κ1) is 25.3. The summed E-state index contributed by atoms with van der Waals surface area (Å²) in [4.78, 5) is 0. The summed E-state index contributed by atoms with van der Waals surface area (Å²) in [6.45, 7) is 0. The van der Waals surface area contributed by atoms with E-state index in [0.29, 0.717) is 34.5 Å². The zero-order valence-electron chi connectivity index (χ0n) is 22.2. The Hall–Kier alpha value is -4.32. The molecule has 2 heterocycles. The van der Waals surface area contributed by atoms with Crippen LogP contribution in [0, 0.1) is 0 Å². The van der Waals surface area contributed by atoms with E-state index in [1.165, 1.54) is 5.56 Å². The maximum absolute atomic E-state index is 6.49. The number of benzene rings is 4. The highest BCUT2D eigenvalue weighted by molar-refractivity contribution is 5.58. The predicted molar refractivity (Wildman–Crippen MR) is 147 cm³/mol. The lowest BCUT2D eigenvalue weighted by Crippen LogP contribution is -2.01. The van der Waals surface area contributed by atoms with Crippen molar-refractivity contribution in [3.05, 3.63) is 95.1 Å². The molecule has 0 atom stereocenters. The summed E-state index contributed by atoms with van der Waals surface area (Å²) in [6.07, 6.45) is 3.18. The molecule has 0 saturated carbocycles. The topological polar surface area (TPSA) is 55.4 Å². The second-order valence-electron chi connectivity index (χ2n) is 9.11. The van der Waals surface area contributed by atoms with E-state index in [4.69, 9.17) is 28.4 Å². The fourth-order valence-corrected chi connectivity index (χ4v) is 4.75. The Bertz CT molecular complexity index is 1410. The molecule has 6 heteroatoms. The number of ether oxygens (including phenoxy) is 6. The first-order valence-electron chi connectivity index (χ1n) is 12.6. The van der Waals surface area contributed by atoms with E-state index in [1.54, 1.807) is 28.4 Å². The minimum absolute atomic E-state index is 0.575. The van der Waals surface area contributed by atoms with E-state index in [0.717, 1.165) is 53.9 Å². The van der Waals surface area contributed by atoms with E-state index in [2.05, 4.69) is 24.3 Å². The van der Waals surface area contributed by atoms with Gasteiger partial charge in [-0.1, -0.05) is 30.3 Å². The van der Waals surface area contributed by atoms with E-state index < -0.39 is 0 Å². The molecule has 0 amide bonds. The highest BCUT2D eigenvalue weighted by atomic mass is 16.5. The first-order chi connectivity index (χ1) is 18.6. The molecule has 0 N–H and O–H groups in total. The van der Waals surface area contributed by atoms with Crippen molar-refractivity contribution in [2.45, 2.75) is 25.7 Å². The average Bonchev–Trinajstić information content (AvgIpc) is 2.95. The molecule has 0 aliphatic carbocycles. The van der Waals surface area contributed by atoms with Crippen LogP contribution in [0.4, 0.5) is 0 Å². The van der Waals surface area contributed by atoms with Crippen molar-refractivity contribution >= 4 is 0 Å². The second kappa shape index (κ2) is 11.4. The van der Waals surface area contributed by atoms with Crippen molar-refractivity contribution in [1.82, 2.24) is 0 Å². The first-order valence-corrected chi connectivity index (χ1v) is 12.6. The largest absolute Gasteiger partial charge is 0.493 e. The summed E-state index contributed by atoms with van der Waals surface area (Å²) in [5, 5.41) is 0. The Labute approximate surface area is 223 Å². The van der Waals surface area contributed by atoms with Crippen molar-refractivity contribution in [1.29, 1.82) is 0 Å². The lowest BCUT2D eigenvalue weighted by molar-refractivity contribution is 0.334. The van der Waals surface area contributed by atoms with Gasteiger partial charge < -0.3 is 28.4 Å². The fourth-order valence-electron chi connectivity index (χ4n) is 4.75. The van der Waals surface area contributed by atoms with Crippen LogP contribution in [0.1, 0.15) is 22.3 Å². The van der Waals surface area contributed by atoms with Crippen LogP contribution in [-0.2, 0) is 25.7 Å². The van der Waals surface area contributed by atoms with Gasteiger partial charge >= 0.3 is 0 Å². The van der Waals surface area contributed by atoms with Crippen molar-refractivity contribution < 1.29 is 28.4 Å². The highest BCUT2D eigenvalue weighted by Gasteiger charge is 2.19. The van der Waals surface area contributed by atoms with Gasteiger partial charge in [0.25, 0.3) is 0 Å². The van der Waals surface area contributed by atoms with Gasteiger partial charge in [-0.05, 0) is 90.4 Å². The lowest BCUT2D eigenvalue weighted by Gasteiger charge is -2.18. The summed E-state index contributed by atoms with van der Waals surface area (Å²) in [5.74, 6) is 5.22. The molecule has 196 valence electrons. The molecule has 4 aromatic rings. The second-order valence-corrected chi connectivity index (χ2v) is 9.11. The Morgan fingerprint density at radius 1 is 0.526 bits per heavy atom. The van der Waals surface area contributed by atoms with Gasteiger partial charge in [0.1, 0.15) is 11.5 Å². The van der Waals surface area contributed by atoms with Gasteiger partial charge in [-0.15, -0.1) is 0 Å². The van der Waals surface area contributed by atoms with Crippen LogP contribution >= 0.6 is 0 Å². The van der Waals surface area contributed by atoms with Gasteiger partial charge in [0, 0.05) is 0 Å².